The van der Waals surface area contributed by atoms with Crippen LogP contribution in [-0.4, -0.2) is 23.7 Å². The molecule has 0 amide bonds. The molecule has 2 nitrogen and oxygen atoms in total. The molecule has 50 valence electrons. The molecule has 3 heteroatoms. The fraction of sp³-hybridized carbons (Fsp3) is 1.00. The van der Waals surface area contributed by atoms with E-state index in [2.05, 4.69) is 13.8 Å². The van der Waals surface area contributed by atoms with Crippen molar-refractivity contribution in [3.05, 3.63) is 0 Å². The maximum atomic E-state index is 5.16. The van der Waals surface area contributed by atoms with Gasteiger partial charge >= 0.3 is 10.0 Å². The van der Waals surface area contributed by atoms with Crippen molar-refractivity contribution in [1.29, 1.82) is 0 Å². The van der Waals surface area contributed by atoms with Crippen molar-refractivity contribution in [3.8, 4) is 0 Å². The van der Waals surface area contributed by atoms with Gasteiger partial charge in [0.1, 0.15) is 0 Å². The molecule has 0 bridgehead atoms. The summed E-state index contributed by atoms with van der Waals surface area (Å²) in [6, 6.07) is 0. The van der Waals surface area contributed by atoms with Gasteiger partial charge in [-0.25, -0.2) is 0 Å². The molecule has 0 aromatic rings. The molecule has 0 N–H and O–H groups in total. The average Bonchev–Trinajstić information content (AvgIpc) is 1.66. The summed E-state index contributed by atoms with van der Waals surface area (Å²) in [6.07, 6.45) is 0. The molecule has 0 aromatic heterocycles. The maximum absolute atomic E-state index is 5.16. The Labute approximate surface area is 53.2 Å². The molecule has 0 spiro atoms. The van der Waals surface area contributed by atoms with Gasteiger partial charge in [0, 0.05) is 13.7 Å². The van der Waals surface area contributed by atoms with E-state index in [4.69, 9.17) is 8.85 Å². The molecule has 0 aliphatic rings. The fourth-order valence-corrected chi connectivity index (χ4v) is 1.10. The summed E-state index contributed by atoms with van der Waals surface area (Å²) >= 11 is 0. The van der Waals surface area contributed by atoms with Gasteiger partial charge in [-0.3, -0.25) is 0 Å². The molecule has 0 aromatic carbocycles. The number of hydrogen-bond acceptors (Lipinski definition) is 2. The van der Waals surface area contributed by atoms with Gasteiger partial charge in [-0.15, -0.1) is 0 Å². The molecule has 0 rings (SSSR count). The molecule has 0 aliphatic carbocycles. The van der Waals surface area contributed by atoms with Crippen molar-refractivity contribution in [1.82, 2.24) is 0 Å². The van der Waals surface area contributed by atoms with E-state index in [1.54, 1.807) is 7.11 Å². The largest absolute Gasteiger partial charge is 0.402 e. The molecular weight excluding hydrogens is 120 g/mol. The van der Waals surface area contributed by atoms with Gasteiger partial charge in [0.05, 0.1) is 0 Å². The molecule has 0 saturated carbocycles. The summed E-state index contributed by atoms with van der Waals surface area (Å²) in [4.78, 5) is 0. The highest BCUT2D eigenvalue weighted by molar-refractivity contribution is 6.17. The SMILES string of the molecule is CO[SiH2]OCC(C)C. The van der Waals surface area contributed by atoms with Crippen LogP contribution in [0.5, 0.6) is 0 Å². The lowest BCUT2D eigenvalue weighted by molar-refractivity contribution is 0.226. The first kappa shape index (κ1) is 8.14. The summed E-state index contributed by atoms with van der Waals surface area (Å²) in [7, 11) is 1.07. The van der Waals surface area contributed by atoms with E-state index in [1.807, 2.05) is 0 Å². The standard InChI is InChI=1S/C5H14O2Si/c1-5(2)4-7-8-6-3/h5H,4,8H2,1-3H3. The second-order valence-electron chi connectivity index (χ2n) is 2.17. The highest BCUT2D eigenvalue weighted by atomic mass is 28.3. The van der Waals surface area contributed by atoms with E-state index in [9.17, 15) is 0 Å². The first-order valence-corrected chi connectivity index (χ1v) is 3.99. The minimum absolute atomic E-state index is 0.621. The molecule has 0 saturated heterocycles. The van der Waals surface area contributed by atoms with E-state index in [0.29, 0.717) is 5.92 Å². The van der Waals surface area contributed by atoms with Crippen molar-refractivity contribution in [3.63, 3.8) is 0 Å². The van der Waals surface area contributed by atoms with Crippen molar-refractivity contribution in [2.75, 3.05) is 13.7 Å². The molecule has 0 aliphatic heterocycles. The van der Waals surface area contributed by atoms with Gasteiger partial charge < -0.3 is 8.85 Å². The van der Waals surface area contributed by atoms with Gasteiger partial charge in [-0.05, 0) is 5.92 Å². The lowest BCUT2D eigenvalue weighted by Gasteiger charge is -2.03. The Bertz CT molecular complexity index is 47.7. The predicted molar refractivity (Wildman–Crippen MR) is 36.3 cm³/mol. The molecule has 0 atom stereocenters. The first-order chi connectivity index (χ1) is 3.77. The second kappa shape index (κ2) is 5.28. The smallest absolute Gasteiger partial charge is 0.304 e. The second-order valence-corrected chi connectivity index (χ2v) is 3.39. The first-order valence-electron chi connectivity index (χ1n) is 2.84. The average molecular weight is 134 g/mol. The third kappa shape index (κ3) is 6.14. The fourth-order valence-electron chi connectivity index (χ4n) is 0.367. The highest BCUT2D eigenvalue weighted by Gasteiger charge is 1.90. The van der Waals surface area contributed by atoms with Crippen LogP contribution in [0.4, 0.5) is 0 Å². The topological polar surface area (TPSA) is 18.5 Å². The van der Waals surface area contributed by atoms with E-state index < -0.39 is 10.0 Å². The zero-order chi connectivity index (χ0) is 6.41. The van der Waals surface area contributed by atoms with E-state index in [-0.39, 0.29) is 0 Å². The van der Waals surface area contributed by atoms with E-state index in [1.165, 1.54) is 0 Å². The lowest BCUT2D eigenvalue weighted by atomic mass is 10.2. The normalized spacial score (nSPS) is 12.0. The monoisotopic (exact) mass is 134 g/mol. The van der Waals surface area contributed by atoms with Crippen molar-refractivity contribution in [2.45, 2.75) is 13.8 Å². The minimum atomic E-state index is -0.621. The van der Waals surface area contributed by atoms with Gasteiger partial charge in [0.15, 0.2) is 0 Å². The Morgan fingerprint density at radius 2 is 2.12 bits per heavy atom. The zero-order valence-corrected chi connectivity index (χ0v) is 7.22. The van der Waals surface area contributed by atoms with Crippen molar-refractivity contribution >= 4 is 10.0 Å². The third-order valence-electron chi connectivity index (χ3n) is 0.652. The van der Waals surface area contributed by atoms with Crippen LogP contribution in [0.15, 0.2) is 0 Å². The van der Waals surface area contributed by atoms with Gasteiger partial charge in [-0.2, -0.15) is 0 Å². The molecule has 0 radical (unpaired) electrons. The van der Waals surface area contributed by atoms with Gasteiger partial charge in [-0.1, -0.05) is 13.8 Å². The van der Waals surface area contributed by atoms with E-state index in [0.717, 1.165) is 6.61 Å². The summed E-state index contributed by atoms with van der Waals surface area (Å²) < 4.78 is 9.97. The van der Waals surface area contributed by atoms with E-state index >= 15 is 0 Å². The van der Waals surface area contributed by atoms with Gasteiger partial charge in [0.2, 0.25) is 0 Å². The van der Waals surface area contributed by atoms with Crippen LogP contribution < -0.4 is 0 Å². The summed E-state index contributed by atoms with van der Waals surface area (Å²) in [5.41, 5.74) is 0. The molecule has 0 fully saturated rings. The summed E-state index contributed by atoms with van der Waals surface area (Å²) in [5, 5.41) is 0. The molecule has 0 heterocycles. The number of rotatable bonds is 4. The Hall–Kier alpha value is 0.137. The summed E-state index contributed by atoms with van der Waals surface area (Å²) in [5.74, 6) is 0.637. The Balaban J connectivity index is 2.72. The highest BCUT2D eigenvalue weighted by Crippen LogP contribution is 1.89. The Kier molecular flexibility index (Phi) is 5.37. The van der Waals surface area contributed by atoms with Crippen LogP contribution in [0, 0.1) is 5.92 Å². The van der Waals surface area contributed by atoms with Crippen LogP contribution in [0.1, 0.15) is 13.8 Å². The lowest BCUT2D eigenvalue weighted by Crippen LogP contribution is -2.07. The zero-order valence-electron chi connectivity index (χ0n) is 5.81. The van der Waals surface area contributed by atoms with Crippen LogP contribution in [0.3, 0.4) is 0 Å². The van der Waals surface area contributed by atoms with Crippen LogP contribution in [0.2, 0.25) is 0 Å². The van der Waals surface area contributed by atoms with Crippen molar-refractivity contribution < 1.29 is 8.85 Å². The minimum Gasteiger partial charge on any atom is -0.402 e. The third-order valence-corrected chi connectivity index (χ3v) is 1.29. The van der Waals surface area contributed by atoms with Crippen LogP contribution in [0.25, 0.3) is 0 Å². The van der Waals surface area contributed by atoms with Crippen LogP contribution in [-0.2, 0) is 8.85 Å². The Morgan fingerprint density at radius 3 is 2.50 bits per heavy atom. The molecule has 8 heavy (non-hydrogen) atoms. The van der Waals surface area contributed by atoms with Crippen molar-refractivity contribution in [2.24, 2.45) is 5.92 Å². The Morgan fingerprint density at radius 1 is 1.50 bits per heavy atom. The van der Waals surface area contributed by atoms with Crippen LogP contribution >= 0.6 is 0 Å². The maximum Gasteiger partial charge on any atom is 0.304 e. The number of hydrogen-bond donors (Lipinski definition) is 0. The predicted octanol–water partition coefficient (Wildman–Crippen LogP) is 0.304. The quantitative estimate of drug-likeness (QED) is 0.407. The molecule has 0 unspecified atom stereocenters. The van der Waals surface area contributed by atoms with Gasteiger partial charge in [0.25, 0.3) is 0 Å². The summed E-state index contributed by atoms with van der Waals surface area (Å²) in [6.45, 7) is 5.11. The molecular formula is C5H14O2Si.